The zero-order valence-corrected chi connectivity index (χ0v) is 12.5. The molecule has 2 aromatic carbocycles. The van der Waals surface area contributed by atoms with Gasteiger partial charge in [0.25, 0.3) is 5.91 Å². The smallest absolute Gasteiger partial charge is 0.255 e. The number of nitrogens with two attached hydrogens (primary N) is 1. The number of ether oxygens (including phenoxy) is 1. The van der Waals surface area contributed by atoms with Crippen molar-refractivity contribution in [2.45, 2.75) is 26.9 Å². The predicted molar refractivity (Wildman–Crippen MR) is 85.8 cm³/mol. The molecule has 2 rings (SSSR count). The minimum atomic E-state index is -0.178. The lowest BCUT2D eigenvalue weighted by Gasteiger charge is -2.11. The van der Waals surface area contributed by atoms with E-state index < -0.39 is 0 Å². The van der Waals surface area contributed by atoms with Crippen LogP contribution in [0.4, 0.5) is 11.4 Å². The van der Waals surface area contributed by atoms with E-state index in [1.807, 2.05) is 57.2 Å². The van der Waals surface area contributed by atoms with Crippen molar-refractivity contribution in [3.63, 3.8) is 0 Å². The number of aryl methyl sites for hydroxylation is 1. The van der Waals surface area contributed by atoms with E-state index in [2.05, 4.69) is 5.32 Å². The van der Waals surface area contributed by atoms with Crippen molar-refractivity contribution in [3.8, 4) is 5.75 Å². The standard InChI is InChI=1S/C17H20N2O2/c1-11(2)21-16-6-4-15(5-7-16)19-17(20)13-8-12(3)9-14(18)10-13/h4-11H,18H2,1-3H3,(H,19,20). The highest BCUT2D eigenvalue weighted by Gasteiger charge is 2.07. The molecule has 0 aromatic heterocycles. The number of amides is 1. The third kappa shape index (κ3) is 4.24. The summed E-state index contributed by atoms with van der Waals surface area (Å²) in [5.41, 5.74) is 8.57. The zero-order chi connectivity index (χ0) is 15.4. The van der Waals surface area contributed by atoms with Crippen LogP contribution in [0.5, 0.6) is 5.75 Å². The fourth-order valence-electron chi connectivity index (χ4n) is 2.04. The van der Waals surface area contributed by atoms with Gasteiger partial charge < -0.3 is 15.8 Å². The lowest BCUT2D eigenvalue weighted by atomic mass is 10.1. The Morgan fingerprint density at radius 1 is 1.14 bits per heavy atom. The number of nitrogens with one attached hydrogen (secondary N) is 1. The van der Waals surface area contributed by atoms with Crippen LogP contribution >= 0.6 is 0 Å². The Balaban J connectivity index is 2.08. The monoisotopic (exact) mass is 284 g/mol. The Bertz CT molecular complexity index is 613. The highest BCUT2D eigenvalue weighted by atomic mass is 16.5. The molecule has 0 spiro atoms. The number of carbonyl (C=O) groups excluding carboxylic acids is 1. The summed E-state index contributed by atoms with van der Waals surface area (Å²) in [6.07, 6.45) is 0.126. The Hall–Kier alpha value is -2.49. The number of hydrogen-bond donors (Lipinski definition) is 2. The third-order valence-corrected chi connectivity index (χ3v) is 2.85. The number of rotatable bonds is 4. The van der Waals surface area contributed by atoms with Crippen molar-refractivity contribution in [2.75, 3.05) is 11.1 Å². The summed E-state index contributed by atoms with van der Waals surface area (Å²) in [5.74, 6) is 0.603. The normalized spacial score (nSPS) is 10.5. The molecule has 0 bridgehead atoms. The topological polar surface area (TPSA) is 64.4 Å². The van der Waals surface area contributed by atoms with Crippen LogP contribution < -0.4 is 15.8 Å². The first-order valence-corrected chi connectivity index (χ1v) is 6.89. The number of hydrogen-bond acceptors (Lipinski definition) is 3. The summed E-state index contributed by atoms with van der Waals surface area (Å²) >= 11 is 0. The van der Waals surface area contributed by atoms with Crippen molar-refractivity contribution in [1.82, 2.24) is 0 Å². The number of anilines is 2. The largest absolute Gasteiger partial charge is 0.491 e. The lowest BCUT2D eigenvalue weighted by molar-refractivity contribution is 0.102. The molecule has 0 heterocycles. The van der Waals surface area contributed by atoms with Crippen molar-refractivity contribution in [3.05, 3.63) is 53.6 Å². The van der Waals surface area contributed by atoms with Crippen LogP contribution in [-0.2, 0) is 0 Å². The molecule has 0 atom stereocenters. The average Bonchev–Trinajstić information content (AvgIpc) is 2.39. The van der Waals surface area contributed by atoms with Gasteiger partial charge in [-0.05, 0) is 68.8 Å². The number of nitrogen functional groups attached to an aromatic ring is 1. The Morgan fingerprint density at radius 2 is 1.81 bits per heavy atom. The van der Waals surface area contributed by atoms with Gasteiger partial charge in [-0.2, -0.15) is 0 Å². The van der Waals surface area contributed by atoms with E-state index in [1.54, 1.807) is 6.07 Å². The first kappa shape index (κ1) is 14.9. The molecule has 2 aromatic rings. The molecule has 0 saturated carbocycles. The fraction of sp³-hybridized carbons (Fsp3) is 0.235. The summed E-state index contributed by atoms with van der Waals surface area (Å²) in [4.78, 5) is 12.2. The highest BCUT2D eigenvalue weighted by molar-refractivity contribution is 6.04. The fourth-order valence-corrected chi connectivity index (χ4v) is 2.04. The van der Waals surface area contributed by atoms with Gasteiger partial charge in [0, 0.05) is 16.9 Å². The molecule has 1 amide bonds. The molecule has 0 fully saturated rings. The molecule has 110 valence electrons. The summed E-state index contributed by atoms with van der Waals surface area (Å²) in [6.45, 7) is 5.85. The molecule has 0 aliphatic rings. The van der Waals surface area contributed by atoms with E-state index in [0.29, 0.717) is 11.3 Å². The predicted octanol–water partition coefficient (Wildman–Crippen LogP) is 3.62. The quantitative estimate of drug-likeness (QED) is 0.843. The van der Waals surface area contributed by atoms with E-state index in [0.717, 1.165) is 17.0 Å². The molecule has 0 aliphatic heterocycles. The van der Waals surface area contributed by atoms with Gasteiger partial charge in [0.15, 0.2) is 0 Å². The maximum Gasteiger partial charge on any atom is 0.255 e. The van der Waals surface area contributed by atoms with Gasteiger partial charge in [-0.25, -0.2) is 0 Å². The second kappa shape index (κ2) is 6.31. The highest BCUT2D eigenvalue weighted by Crippen LogP contribution is 2.18. The summed E-state index contributed by atoms with van der Waals surface area (Å²) in [5, 5.41) is 2.84. The molecule has 0 radical (unpaired) electrons. The van der Waals surface area contributed by atoms with Crippen LogP contribution in [0.1, 0.15) is 29.8 Å². The Kier molecular flexibility index (Phi) is 4.48. The van der Waals surface area contributed by atoms with Crippen molar-refractivity contribution < 1.29 is 9.53 Å². The van der Waals surface area contributed by atoms with E-state index in [-0.39, 0.29) is 12.0 Å². The maximum atomic E-state index is 12.2. The van der Waals surface area contributed by atoms with E-state index in [9.17, 15) is 4.79 Å². The number of benzene rings is 2. The molecule has 0 unspecified atom stereocenters. The second-order valence-corrected chi connectivity index (χ2v) is 5.28. The van der Waals surface area contributed by atoms with E-state index >= 15 is 0 Å². The Morgan fingerprint density at radius 3 is 2.38 bits per heavy atom. The lowest BCUT2D eigenvalue weighted by Crippen LogP contribution is -2.12. The van der Waals surface area contributed by atoms with Crippen LogP contribution in [0.3, 0.4) is 0 Å². The van der Waals surface area contributed by atoms with Crippen LogP contribution in [0.2, 0.25) is 0 Å². The zero-order valence-electron chi connectivity index (χ0n) is 12.5. The third-order valence-electron chi connectivity index (χ3n) is 2.85. The van der Waals surface area contributed by atoms with Gasteiger partial charge in [-0.15, -0.1) is 0 Å². The molecule has 3 N–H and O–H groups in total. The summed E-state index contributed by atoms with van der Waals surface area (Å²) in [6, 6.07) is 12.6. The number of carbonyl (C=O) groups is 1. The minimum Gasteiger partial charge on any atom is -0.491 e. The van der Waals surface area contributed by atoms with Crippen molar-refractivity contribution in [1.29, 1.82) is 0 Å². The molecular weight excluding hydrogens is 264 g/mol. The molecule has 21 heavy (non-hydrogen) atoms. The van der Waals surface area contributed by atoms with Gasteiger partial charge in [0.2, 0.25) is 0 Å². The van der Waals surface area contributed by atoms with Gasteiger partial charge in [0.05, 0.1) is 6.10 Å². The molecular formula is C17H20N2O2. The maximum absolute atomic E-state index is 12.2. The molecule has 4 nitrogen and oxygen atoms in total. The first-order valence-electron chi connectivity index (χ1n) is 6.89. The average molecular weight is 284 g/mol. The van der Waals surface area contributed by atoms with E-state index in [4.69, 9.17) is 10.5 Å². The first-order chi connectivity index (χ1) is 9.94. The van der Waals surface area contributed by atoms with Gasteiger partial charge in [-0.3, -0.25) is 4.79 Å². The van der Waals surface area contributed by atoms with Crippen molar-refractivity contribution in [2.24, 2.45) is 0 Å². The Labute approximate surface area is 124 Å². The minimum absolute atomic E-state index is 0.126. The van der Waals surface area contributed by atoms with Crippen molar-refractivity contribution >= 4 is 17.3 Å². The van der Waals surface area contributed by atoms with Crippen LogP contribution in [0, 0.1) is 6.92 Å². The van der Waals surface area contributed by atoms with Gasteiger partial charge in [0.1, 0.15) is 5.75 Å². The SMILES string of the molecule is Cc1cc(N)cc(C(=O)Nc2ccc(OC(C)C)cc2)c1. The second-order valence-electron chi connectivity index (χ2n) is 5.28. The van der Waals surface area contributed by atoms with Gasteiger partial charge in [-0.1, -0.05) is 0 Å². The van der Waals surface area contributed by atoms with E-state index in [1.165, 1.54) is 0 Å². The van der Waals surface area contributed by atoms with Crippen LogP contribution in [-0.4, -0.2) is 12.0 Å². The van der Waals surface area contributed by atoms with Gasteiger partial charge >= 0.3 is 0 Å². The molecule has 4 heteroatoms. The summed E-state index contributed by atoms with van der Waals surface area (Å²) in [7, 11) is 0. The molecule has 0 aliphatic carbocycles. The van der Waals surface area contributed by atoms with Crippen LogP contribution in [0.25, 0.3) is 0 Å². The summed E-state index contributed by atoms with van der Waals surface area (Å²) < 4.78 is 5.56. The molecule has 0 saturated heterocycles. The van der Waals surface area contributed by atoms with Crippen LogP contribution in [0.15, 0.2) is 42.5 Å².